The number of hydrogen-bond acceptors (Lipinski definition) is 4. The van der Waals surface area contributed by atoms with Gasteiger partial charge in [0, 0.05) is 12.6 Å². The van der Waals surface area contributed by atoms with Crippen molar-refractivity contribution in [2.24, 2.45) is 0 Å². The van der Waals surface area contributed by atoms with Crippen molar-refractivity contribution in [3.8, 4) is 17.2 Å². The summed E-state index contributed by atoms with van der Waals surface area (Å²) in [5.41, 5.74) is 2.11. The van der Waals surface area contributed by atoms with Crippen LogP contribution in [0.15, 0.2) is 48.5 Å². The highest BCUT2D eigenvalue weighted by molar-refractivity contribution is 5.91. The Kier molecular flexibility index (Phi) is 6.36. The zero-order valence-corrected chi connectivity index (χ0v) is 15.7. The van der Waals surface area contributed by atoms with Crippen molar-refractivity contribution in [3.05, 3.63) is 59.7 Å². The molecule has 0 saturated heterocycles. The highest BCUT2D eigenvalue weighted by atomic mass is 16.7. The van der Waals surface area contributed by atoms with Gasteiger partial charge in [0.25, 0.3) is 0 Å². The fourth-order valence-electron chi connectivity index (χ4n) is 2.80. The lowest BCUT2D eigenvalue weighted by Crippen LogP contribution is -2.22. The number of rotatable bonds is 8. The third kappa shape index (κ3) is 5.78. The molecule has 0 saturated carbocycles. The summed E-state index contributed by atoms with van der Waals surface area (Å²) in [5, 5.41) is 2.91. The second-order valence-corrected chi connectivity index (χ2v) is 6.65. The Morgan fingerprint density at radius 2 is 2.04 bits per heavy atom. The zero-order chi connectivity index (χ0) is 19.1. The summed E-state index contributed by atoms with van der Waals surface area (Å²) in [5.74, 6) is 2.23. The van der Waals surface area contributed by atoms with Crippen LogP contribution >= 0.6 is 0 Å². The molecule has 142 valence electrons. The fraction of sp³-hybridized carbons (Fsp3) is 0.318. The fourth-order valence-corrected chi connectivity index (χ4v) is 2.80. The molecule has 1 heterocycles. The van der Waals surface area contributed by atoms with Crippen LogP contribution in [0.4, 0.5) is 0 Å². The summed E-state index contributed by atoms with van der Waals surface area (Å²) >= 11 is 0. The second kappa shape index (κ2) is 9.12. The molecule has 0 bridgehead atoms. The molecule has 5 nitrogen and oxygen atoms in total. The van der Waals surface area contributed by atoms with E-state index in [0.717, 1.165) is 29.9 Å². The Bertz CT molecular complexity index is 814. The molecule has 0 unspecified atom stereocenters. The summed E-state index contributed by atoms with van der Waals surface area (Å²) in [7, 11) is 0. The molecule has 1 N–H and O–H groups in total. The quantitative estimate of drug-likeness (QED) is 0.567. The SMILES string of the molecule is CC(C)Oc1cccc(CCCNC(=O)/C=C/c2ccc3c(c2)OCO3)c1. The van der Waals surface area contributed by atoms with Crippen LogP contribution in [0, 0.1) is 0 Å². The smallest absolute Gasteiger partial charge is 0.243 e. The maximum Gasteiger partial charge on any atom is 0.243 e. The predicted octanol–water partition coefficient (Wildman–Crippen LogP) is 3.96. The van der Waals surface area contributed by atoms with E-state index in [1.165, 1.54) is 11.6 Å². The Balaban J connectivity index is 1.41. The third-order valence-electron chi connectivity index (χ3n) is 4.04. The van der Waals surface area contributed by atoms with Gasteiger partial charge < -0.3 is 19.5 Å². The lowest BCUT2D eigenvalue weighted by atomic mass is 10.1. The minimum absolute atomic E-state index is 0.107. The van der Waals surface area contributed by atoms with Crippen molar-refractivity contribution in [1.29, 1.82) is 0 Å². The number of benzene rings is 2. The molecule has 1 amide bonds. The first-order valence-electron chi connectivity index (χ1n) is 9.21. The largest absolute Gasteiger partial charge is 0.491 e. The molecule has 2 aromatic carbocycles. The first-order valence-corrected chi connectivity index (χ1v) is 9.21. The van der Waals surface area contributed by atoms with Crippen molar-refractivity contribution in [2.75, 3.05) is 13.3 Å². The van der Waals surface area contributed by atoms with E-state index < -0.39 is 0 Å². The number of aryl methyl sites for hydroxylation is 1. The van der Waals surface area contributed by atoms with Crippen molar-refractivity contribution in [1.82, 2.24) is 5.32 Å². The van der Waals surface area contributed by atoms with Gasteiger partial charge in [-0.2, -0.15) is 0 Å². The molecule has 0 radical (unpaired) electrons. The van der Waals surface area contributed by atoms with Gasteiger partial charge in [-0.1, -0.05) is 18.2 Å². The Hall–Kier alpha value is -2.95. The van der Waals surface area contributed by atoms with Gasteiger partial charge in [0.05, 0.1) is 6.10 Å². The highest BCUT2D eigenvalue weighted by Crippen LogP contribution is 2.32. The van der Waals surface area contributed by atoms with Crippen molar-refractivity contribution >= 4 is 12.0 Å². The van der Waals surface area contributed by atoms with Gasteiger partial charge in [0.1, 0.15) is 5.75 Å². The number of nitrogens with one attached hydrogen (secondary N) is 1. The highest BCUT2D eigenvalue weighted by Gasteiger charge is 2.12. The van der Waals surface area contributed by atoms with Crippen molar-refractivity contribution in [2.45, 2.75) is 32.8 Å². The molecule has 3 rings (SSSR count). The van der Waals surface area contributed by atoms with E-state index in [9.17, 15) is 4.79 Å². The number of ether oxygens (including phenoxy) is 3. The first-order chi connectivity index (χ1) is 13.1. The lowest BCUT2D eigenvalue weighted by molar-refractivity contribution is -0.116. The lowest BCUT2D eigenvalue weighted by Gasteiger charge is -2.11. The average Bonchev–Trinajstić information content (AvgIpc) is 3.11. The van der Waals surface area contributed by atoms with Gasteiger partial charge >= 0.3 is 0 Å². The molecule has 1 aliphatic rings. The van der Waals surface area contributed by atoms with Crippen LogP contribution < -0.4 is 19.5 Å². The third-order valence-corrected chi connectivity index (χ3v) is 4.04. The molecule has 5 heteroatoms. The van der Waals surface area contributed by atoms with Crippen molar-refractivity contribution < 1.29 is 19.0 Å². The normalized spacial score (nSPS) is 12.6. The Labute approximate surface area is 159 Å². The van der Waals surface area contributed by atoms with E-state index in [-0.39, 0.29) is 18.8 Å². The molecule has 0 aromatic heterocycles. The Morgan fingerprint density at radius 3 is 2.89 bits per heavy atom. The molecule has 0 atom stereocenters. The maximum atomic E-state index is 12.0. The standard InChI is InChI=1S/C22H25NO4/c1-16(2)27-19-7-3-5-17(13-19)6-4-12-23-22(24)11-9-18-8-10-20-21(14-18)26-15-25-20/h3,5,7-11,13-14,16H,4,6,12,15H2,1-2H3,(H,23,24)/b11-9+. The van der Waals surface area contributed by atoms with Gasteiger partial charge in [0.15, 0.2) is 11.5 Å². The van der Waals surface area contributed by atoms with Gasteiger partial charge in [-0.15, -0.1) is 0 Å². The molecule has 27 heavy (non-hydrogen) atoms. The van der Waals surface area contributed by atoms with Crippen LogP contribution in [-0.2, 0) is 11.2 Å². The van der Waals surface area contributed by atoms with Crippen LogP contribution in [-0.4, -0.2) is 25.3 Å². The van der Waals surface area contributed by atoms with Crippen LogP contribution in [0.3, 0.4) is 0 Å². The maximum absolute atomic E-state index is 12.0. The number of carbonyl (C=O) groups is 1. The summed E-state index contributed by atoms with van der Waals surface area (Å²) < 4.78 is 16.3. The molecular formula is C22H25NO4. The van der Waals surface area contributed by atoms with Crippen LogP contribution in [0.5, 0.6) is 17.2 Å². The Morgan fingerprint density at radius 1 is 1.19 bits per heavy atom. The average molecular weight is 367 g/mol. The molecule has 0 fully saturated rings. The van der Waals surface area contributed by atoms with E-state index in [2.05, 4.69) is 17.4 Å². The van der Waals surface area contributed by atoms with Crippen LogP contribution in [0.25, 0.3) is 6.08 Å². The van der Waals surface area contributed by atoms with E-state index in [1.54, 1.807) is 6.08 Å². The minimum atomic E-state index is -0.107. The zero-order valence-electron chi connectivity index (χ0n) is 15.7. The summed E-state index contributed by atoms with van der Waals surface area (Å²) in [6.45, 7) is 4.90. The number of fused-ring (bicyclic) bond motifs is 1. The second-order valence-electron chi connectivity index (χ2n) is 6.65. The monoisotopic (exact) mass is 367 g/mol. The van der Waals surface area contributed by atoms with Crippen molar-refractivity contribution in [3.63, 3.8) is 0 Å². The topological polar surface area (TPSA) is 56.8 Å². The van der Waals surface area contributed by atoms with E-state index in [1.807, 2.05) is 44.2 Å². The molecule has 2 aromatic rings. The predicted molar refractivity (Wildman–Crippen MR) is 105 cm³/mol. The minimum Gasteiger partial charge on any atom is -0.491 e. The van der Waals surface area contributed by atoms with E-state index in [4.69, 9.17) is 14.2 Å². The summed E-state index contributed by atoms with van der Waals surface area (Å²) in [6.07, 6.45) is 5.23. The number of carbonyl (C=O) groups excluding carboxylic acids is 1. The van der Waals surface area contributed by atoms with Gasteiger partial charge in [-0.05, 0) is 68.2 Å². The molecular weight excluding hydrogens is 342 g/mol. The molecule has 0 spiro atoms. The van der Waals surface area contributed by atoms with Gasteiger partial charge in [-0.3, -0.25) is 4.79 Å². The molecule has 0 aliphatic carbocycles. The van der Waals surface area contributed by atoms with Crippen LogP contribution in [0.1, 0.15) is 31.4 Å². The first kappa shape index (κ1) is 18.8. The number of amides is 1. The van der Waals surface area contributed by atoms with E-state index in [0.29, 0.717) is 12.3 Å². The number of hydrogen-bond donors (Lipinski definition) is 1. The molecule has 1 aliphatic heterocycles. The van der Waals surface area contributed by atoms with Crippen LogP contribution in [0.2, 0.25) is 0 Å². The summed E-state index contributed by atoms with van der Waals surface area (Å²) in [4.78, 5) is 12.0. The van der Waals surface area contributed by atoms with Gasteiger partial charge in [0.2, 0.25) is 12.7 Å². The van der Waals surface area contributed by atoms with E-state index >= 15 is 0 Å². The summed E-state index contributed by atoms with van der Waals surface area (Å²) in [6, 6.07) is 13.7. The van der Waals surface area contributed by atoms with Gasteiger partial charge in [-0.25, -0.2) is 0 Å².